The number of rotatable bonds is 1. The van der Waals surface area contributed by atoms with Gasteiger partial charge in [-0.15, -0.1) is 0 Å². The van der Waals surface area contributed by atoms with E-state index in [0.717, 1.165) is 12.8 Å². The summed E-state index contributed by atoms with van der Waals surface area (Å²) in [6, 6.07) is 0. The Hall–Kier alpha value is -1.58. The number of nitrogens with zero attached hydrogens (tertiary/aromatic N) is 1. The van der Waals surface area contributed by atoms with E-state index in [9.17, 15) is 4.79 Å². The molecule has 1 spiro atoms. The number of hydrogen-bond acceptors (Lipinski definition) is 4. The van der Waals surface area contributed by atoms with E-state index in [2.05, 4.69) is 10.3 Å². The molecular weight excluding hydrogens is 288 g/mol. The van der Waals surface area contributed by atoms with Gasteiger partial charge in [-0.05, 0) is 76.9 Å². The van der Waals surface area contributed by atoms with Crippen LogP contribution in [0, 0.1) is 11.3 Å². The third kappa shape index (κ3) is 5.85. The molecule has 0 aromatic rings. The van der Waals surface area contributed by atoms with Gasteiger partial charge in [-0.1, -0.05) is 6.42 Å². The topological polar surface area (TPSA) is 50.7 Å². The summed E-state index contributed by atoms with van der Waals surface area (Å²) < 4.78 is 5.46. The van der Waals surface area contributed by atoms with Crippen LogP contribution in [-0.2, 0) is 9.53 Å². The predicted molar refractivity (Wildman–Crippen MR) is 94.0 cm³/mol. The number of aliphatic imine (C=N–C) groups is 1. The van der Waals surface area contributed by atoms with Crippen molar-refractivity contribution in [3.63, 3.8) is 0 Å². The van der Waals surface area contributed by atoms with Crippen LogP contribution in [0.15, 0.2) is 29.5 Å². The van der Waals surface area contributed by atoms with Crippen LogP contribution in [-0.4, -0.2) is 17.9 Å². The van der Waals surface area contributed by atoms with Gasteiger partial charge >= 0.3 is 5.97 Å². The lowest BCUT2D eigenvalue weighted by Gasteiger charge is -2.46. The van der Waals surface area contributed by atoms with E-state index >= 15 is 0 Å². The zero-order valence-electron chi connectivity index (χ0n) is 14.7. The van der Waals surface area contributed by atoms with E-state index in [1.54, 1.807) is 12.5 Å². The van der Waals surface area contributed by atoms with Gasteiger partial charge in [-0.2, -0.15) is 0 Å². The number of ether oxygens (including phenoxy) is 1. The van der Waals surface area contributed by atoms with E-state index in [1.807, 2.05) is 39.1 Å². The molecule has 0 unspecified atom stereocenters. The van der Waals surface area contributed by atoms with Gasteiger partial charge in [-0.25, -0.2) is 4.99 Å². The third-order valence-corrected chi connectivity index (χ3v) is 4.83. The van der Waals surface area contributed by atoms with Gasteiger partial charge in [0.1, 0.15) is 5.60 Å². The fraction of sp³-hybridized carbons (Fsp3) is 0.684. The monoisotopic (exact) mass is 318 g/mol. The van der Waals surface area contributed by atoms with Gasteiger partial charge in [0.05, 0.1) is 12.3 Å². The van der Waals surface area contributed by atoms with Crippen molar-refractivity contribution in [2.45, 2.75) is 71.3 Å². The number of carbonyl (C=O) groups excluding carboxylic acids is 1. The molecule has 23 heavy (non-hydrogen) atoms. The molecule has 0 amide bonds. The molecule has 2 fully saturated rings. The molecule has 3 aliphatic rings. The predicted octanol–water partition coefficient (Wildman–Crippen LogP) is 4.33. The maximum Gasteiger partial charge on any atom is 0.309 e. The first kappa shape index (κ1) is 17.8. The Labute approximate surface area is 140 Å². The minimum atomic E-state index is -0.331. The van der Waals surface area contributed by atoms with Gasteiger partial charge < -0.3 is 10.1 Å². The van der Waals surface area contributed by atoms with E-state index in [-0.39, 0.29) is 17.5 Å². The highest BCUT2D eigenvalue weighted by molar-refractivity contribution is 5.73. The normalized spacial score (nSPS) is 22.4. The van der Waals surface area contributed by atoms with E-state index < -0.39 is 0 Å². The van der Waals surface area contributed by atoms with Gasteiger partial charge in [0.25, 0.3) is 0 Å². The number of hydrogen-bond donors (Lipinski definition) is 1. The molecular formula is C19H30N2O2. The highest BCUT2D eigenvalue weighted by Crippen LogP contribution is 2.52. The molecule has 1 heterocycles. The summed E-state index contributed by atoms with van der Waals surface area (Å²) >= 11 is 0. The molecule has 0 aromatic heterocycles. The first-order valence-corrected chi connectivity index (χ1v) is 8.73. The Morgan fingerprint density at radius 1 is 1.17 bits per heavy atom. The molecule has 1 N–H and O–H groups in total. The van der Waals surface area contributed by atoms with Crippen LogP contribution < -0.4 is 5.32 Å². The molecule has 4 heteroatoms. The molecule has 4 nitrogen and oxygen atoms in total. The summed E-state index contributed by atoms with van der Waals surface area (Å²) in [4.78, 5) is 15.7. The molecule has 3 rings (SSSR count). The van der Waals surface area contributed by atoms with Crippen LogP contribution in [0.4, 0.5) is 0 Å². The average molecular weight is 318 g/mol. The Bertz CT molecular complexity index is 458. The number of carbonyl (C=O) groups is 1. The van der Waals surface area contributed by atoms with Crippen molar-refractivity contribution in [2.75, 3.05) is 0 Å². The van der Waals surface area contributed by atoms with Gasteiger partial charge in [0, 0.05) is 12.4 Å². The van der Waals surface area contributed by atoms with Crippen molar-refractivity contribution in [1.29, 1.82) is 0 Å². The lowest BCUT2D eigenvalue weighted by molar-refractivity contribution is -0.162. The molecule has 1 aliphatic heterocycles. The lowest BCUT2D eigenvalue weighted by Crippen LogP contribution is -2.37. The Kier molecular flexibility index (Phi) is 6.03. The molecule has 2 aliphatic carbocycles. The maximum atomic E-state index is 11.9. The van der Waals surface area contributed by atoms with E-state index in [0.29, 0.717) is 5.41 Å². The van der Waals surface area contributed by atoms with Crippen molar-refractivity contribution in [3.8, 4) is 0 Å². The van der Waals surface area contributed by atoms with Crippen molar-refractivity contribution < 1.29 is 9.53 Å². The fourth-order valence-electron chi connectivity index (χ4n) is 3.37. The molecule has 0 aromatic carbocycles. The second kappa shape index (κ2) is 7.80. The number of nitrogens with one attached hydrogen (secondary N) is 1. The molecule has 0 saturated heterocycles. The lowest BCUT2D eigenvalue weighted by atomic mass is 9.59. The van der Waals surface area contributed by atoms with Gasteiger partial charge in [-0.3, -0.25) is 4.79 Å². The first-order valence-electron chi connectivity index (χ1n) is 8.73. The van der Waals surface area contributed by atoms with Gasteiger partial charge in [0.15, 0.2) is 0 Å². The standard InChI is InChI=1S/C14H24O2.C5H6N2/c1-13(2,3)16-12(15)11-5-9-14(10-6-11)7-4-8-14;1-2-4-7-5-6-3-1/h11H,4-10H2,1-3H3;1-5H,(H,6,7). The van der Waals surface area contributed by atoms with E-state index in [4.69, 9.17) is 4.74 Å². The maximum absolute atomic E-state index is 11.9. The zero-order chi connectivity index (χ0) is 16.8. The summed E-state index contributed by atoms with van der Waals surface area (Å²) in [5, 5.41) is 2.81. The Morgan fingerprint density at radius 3 is 2.43 bits per heavy atom. The highest BCUT2D eigenvalue weighted by atomic mass is 16.6. The fourth-order valence-corrected chi connectivity index (χ4v) is 3.37. The smallest absolute Gasteiger partial charge is 0.309 e. The van der Waals surface area contributed by atoms with Crippen molar-refractivity contribution in [1.82, 2.24) is 5.32 Å². The summed E-state index contributed by atoms with van der Waals surface area (Å²) in [6.45, 7) is 5.84. The molecule has 128 valence electrons. The molecule has 2 saturated carbocycles. The minimum Gasteiger partial charge on any atom is -0.460 e. The quantitative estimate of drug-likeness (QED) is 0.732. The minimum absolute atomic E-state index is 0.0293. The molecule has 0 atom stereocenters. The molecule has 0 radical (unpaired) electrons. The SMILES string of the molecule is C1=CN=CNC=C1.CC(C)(C)OC(=O)C1CCC2(CCC2)CC1. The van der Waals surface area contributed by atoms with Crippen LogP contribution in [0.1, 0.15) is 65.7 Å². The van der Waals surface area contributed by atoms with Crippen molar-refractivity contribution >= 4 is 12.3 Å². The Balaban J connectivity index is 0.000000229. The van der Waals surface area contributed by atoms with E-state index in [1.165, 1.54) is 32.1 Å². The summed E-state index contributed by atoms with van der Waals surface area (Å²) in [7, 11) is 0. The van der Waals surface area contributed by atoms with Crippen molar-refractivity contribution in [3.05, 3.63) is 24.6 Å². The summed E-state index contributed by atoms with van der Waals surface area (Å²) in [6.07, 6.45) is 17.7. The first-order chi connectivity index (χ1) is 10.9. The largest absolute Gasteiger partial charge is 0.460 e. The average Bonchev–Trinajstić information content (AvgIpc) is 2.77. The van der Waals surface area contributed by atoms with Gasteiger partial charge in [0.2, 0.25) is 0 Å². The zero-order valence-corrected chi connectivity index (χ0v) is 14.7. The van der Waals surface area contributed by atoms with Crippen LogP contribution in [0.25, 0.3) is 0 Å². The van der Waals surface area contributed by atoms with Crippen LogP contribution in [0.3, 0.4) is 0 Å². The third-order valence-electron chi connectivity index (χ3n) is 4.83. The van der Waals surface area contributed by atoms with Crippen molar-refractivity contribution in [2.24, 2.45) is 16.3 Å². The molecule has 0 bridgehead atoms. The second-order valence-electron chi connectivity index (χ2n) is 7.81. The highest BCUT2D eigenvalue weighted by Gasteiger charge is 2.42. The Morgan fingerprint density at radius 2 is 1.87 bits per heavy atom. The van der Waals surface area contributed by atoms with Crippen LogP contribution >= 0.6 is 0 Å². The summed E-state index contributed by atoms with van der Waals surface area (Å²) in [5.41, 5.74) is 0.307. The second-order valence-corrected chi connectivity index (χ2v) is 7.81. The van der Waals surface area contributed by atoms with Crippen LogP contribution in [0.2, 0.25) is 0 Å². The number of allylic oxidation sites excluding steroid dienone is 2. The summed E-state index contributed by atoms with van der Waals surface area (Å²) in [5.74, 6) is 0.201. The number of esters is 1. The van der Waals surface area contributed by atoms with Crippen LogP contribution in [0.5, 0.6) is 0 Å².